The molecule has 0 aromatic heterocycles. The zero-order chi connectivity index (χ0) is 25.3. The second-order valence-corrected chi connectivity index (χ2v) is 9.83. The highest BCUT2D eigenvalue weighted by atomic mass is 16.5. The van der Waals surface area contributed by atoms with Crippen molar-refractivity contribution in [1.82, 2.24) is 0 Å². The van der Waals surface area contributed by atoms with E-state index in [0.29, 0.717) is 0 Å². The minimum absolute atomic E-state index is 0.551. The van der Waals surface area contributed by atoms with Gasteiger partial charge in [0.25, 0.3) is 0 Å². The highest BCUT2D eigenvalue weighted by molar-refractivity contribution is 5.96. The second-order valence-electron chi connectivity index (χ2n) is 9.83. The van der Waals surface area contributed by atoms with Gasteiger partial charge in [0.1, 0.15) is 10.8 Å². The van der Waals surface area contributed by atoms with E-state index in [1.807, 2.05) is 107 Å². The van der Waals surface area contributed by atoms with Crippen LogP contribution in [0.4, 0.5) is 0 Å². The van der Waals surface area contributed by atoms with Crippen molar-refractivity contribution in [1.29, 1.82) is 0 Å². The number of esters is 2. The van der Waals surface area contributed by atoms with Crippen LogP contribution in [0.1, 0.15) is 83.1 Å². The van der Waals surface area contributed by atoms with Crippen LogP contribution in [0.3, 0.4) is 0 Å². The Balaban J connectivity index is 7.81. The first kappa shape index (κ1) is 29.4. The molecule has 0 saturated heterocycles. The van der Waals surface area contributed by atoms with E-state index >= 15 is 0 Å². The number of carbonyl (C=O) groups is 2. The maximum absolute atomic E-state index is 13.9. The Bertz CT molecular complexity index is 754. The first-order chi connectivity index (χ1) is 14.6. The lowest BCUT2D eigenvalue weighted by Gasteiger charge is -2.41. The Labute approximate surface area is 195 Å². The molecule has 4 heteroatoms. The van der Waals surface area contributed by atoms with Gasteiger partial charge in [0, 0.05) is 0 Å². The van der Waals surface area contributed by atoms with Crippen molar-refractivity contribution < 1.29 is 19.1 Å². The van der Waals surface area contributed by atoms with Gasteiger partial charge in [0.2, 0.25) is 0 Å². The first-order valence-electron chi connectivity index (χ1n) is 10.9. The Morgan fingerprint density at radius 2 is 0.656 bits per heavy atom. The Hall–Kier alpha value is -2.62. The van der Waals surface area contributed by atoms with Crippen LogP contribution < -0.4 is 0 Å². The van der Waals surface area contributed by atoms with Crippen LogP contribution in [0.25, 0.3) is 0 Å². The van der Waals surface area contributed by atoms with Crippen LogP contribution in [0.15, 0.2) is 70.3 Å². The van der Waals surface area contributed by atoms with E-state index in [4.69, 9.17) is 9.47 Å². The standard InChI is InChI=1S/C28H42O4/c1-19(2)13-27(14-20(3)4,25(29)31-17-23(9)10)28(15-21(5)6,16-22(7)8)26(30)32-18-24(11)12/h13-18H,1-12H3. The van der Waals surface area contributed by atoms with Crippen molar-refractivity contribution in [3.63, 3.8) is 0 Å². The molecule has 32 heavy (non-hydrogen) atoms. The van der Waals surface area contributed by atoms with E-state index < -0.39 is 22.8 Å². The van der Waals surface area contributed by atoms with Gasteiger partial charge in [-0.1, -0.05) is 46.6 Å². The summed E-state index contributed by atoms with van der Waals surface area (Å²) in [4.78, 5) is 27.7. The van der Waals surface area contributed by atoms with Gasteiger partial charge in [-0.2, -0.15) is 0 Å². The summed E-state index contributed by atoms with van der Waals surface area (Å²) in [5.41, 5.74) is 2.25. The van der Waals surface area contributed by atoms with Gasteiger partial charge < -0.3 is 9.47 Å². The molecule has 0 radical (unpaired) electrons. The fourth-order valence-corrected chi connectivity index (χ4v) is 3.49. The Kier molecular flexibility index (Phi) is 11.4. The summed E-state index contributed by atoms with van der Waals surface area (Å²) in [7, 11) is 0. The molecule has 178 valence electrons. The van der Waals surface area contributed by atoms with Crippen LogP contribution in [0.5, 0.6) is 0 Å². The number of rotatable bonds is 9. The highest BCUT2D eigenvalue weighted by Crippen LogP contribution is 2.50. The van der Waals surface area contributed by atoms with Gasteiger partial charge in [-0.15, -0.1) is 0 Å². The molecule has 4 nitrogen and oxygen atoms in total. The SMILES string of the molecule is CC(C)=COC(=O)C(C=C(C)C)(C=C(C)C)C(C=C(C)C)(C=C(C)C)C(=O)OC=C(C)C. The van der Waals surface area contributed by atoms with Crippen LogP contribution in [-0.4, -0.2) is 11.9 Å². The molecule has 0 atom stereocenters. The number of hydrogen-bond acceptors (Lipinski definition) is 4. The van der Waals surface area contributed by atoms with E-state index in [2.05, 4.69) is 0 Å². The molecule has 0 fully saturated rings. The largest absolute Gasteiger partial charge is 0.434 e. The molecule has 0 saturated carbocycles. The van der Waals surface area contributed by atoms with Gasteiger partial charge in [-0.25, -0.2) is 0 Å². The van der Waals surface area contributed by atoms with Gasteiger partial charge in [0.15, 0.2) is 0 Å². The third-order valence-corrected chi connectivity index (χ3v) is 4.23. The minimum atomic E-state index is -1.46. The molecule has 0 aliphatic rings. The third-order valence-electron chi connectivity index (χ3n) is 4.23. The predicted molar refractivity (Wildman–Crippen MR) is 134 cm³/mol. The molecule has 0 aromatic carbocycles. The lowest BCUT2D eigenvalue weighted by molar-refractivity contribution is -0.159. The lowest BCUT2D eigenvalue weighted by Crippen LogP contribution is -2.50. The van der Waals surface area contributed by atoms with E-state index in [9.17, 15) is 9.59 Å². The maximum atomic E-state index is 13.9. The molecule has 0 rings (SSSR count). The van der Waals surface area contributed by atoms with Crippen LogP contribution in [0.2, 0.25) is 0 Å². The van der Waals surface area contributed by atoms with Gasteiger partial charge in [-0.3, -0.25) is 9.59 Å². The van der Waals surface area contributed by atoms with E-state index in [1.165, 1.54) is 12.5 Å². The summed E-state index contributed by atoms with van der Waals surface area (Å²) >= 11 is 0. The lowest BCUT2D eigenvalue weighted by atomic mass is 9.60. The summed E-state index contributed by atoms with van der Waals surface area (Å²) in [5, 5.41) is 0. The summed E-state index contributed by atoms with van der Waals surface area (Å²) in [6.45, 7) is 22.6. The number of ether oxygens (including phenoxy) is 2. The summed E-state index contributed by atoms with van der Waals surface area (Å²) in [6.07, 6.45) is 10.1. The molecular weight excluding hydrogens is 400 g/mol. The summed E-state index contributed by atoms with van der Waals surface area (Å²) < 4.78 is 11.3. The quantitative estimate of drug-likeness (QED) is 0.208. The third kappa shape index (κ3) is 8.14. The van der Waals surface area contributed by atoms with E-state index in [-0.39, 0.29) is 0 Å². The molecule has 0 spiro atoms. The average molecular weight is 443 g/mol. The molecule has 0 aliphatic heterocycles. The first-order valence-corrected chi connectivity index (χ1v) is 10.9. The smallest absolute Gasteiger partial charge is 0.326 e. The van der Waals surface area contributed by atoms with E-state index in [1.54, 1.807) is 0 Å². The van der Waals surface area contributed by atoms with Crippen molar-refractivity contribution >= 4 is 11.9 Å². The van der Waals surface area contributed by atoms with Crippen molar-refractivity contribution in [2.75, 3.05) is 0 Å². The summed E-state index contributed by atoms with van der Waals surface area (Å²) in [5.74, 6) is -1.10. The fourth-order valence-electron chi connectivity index (χ4n) is 3.49. The molecule has 0 bridgehead atoms. The van der Waals surface area contributed by atoms with Crippen molar-refractivity contribution in [2.45, 2.75) is 83.1 Å². The minimum Gasteiger partial charge on any atom is -0.434 e. The van der Waals surface area contributed by atoms with E-state index in [0.717, 1.165) is 33.4 Å². The van der Waals surface area contributed by atoms with Crippen LogP contribution in [-0.2, 0) is 19.1 Å². The predicted octanol–water partition coefficient (Wildman–Crippen LogP) is 7.76. The van der Waals surface area contributed by atoms with Crippen molar-refractivity contribution in [3.8, 4) is 0 Å². The Morgan fingerprint density at radius 3 is 0.812 bits per heavy atom. The topological polar surface area (TPSA) is 52.6 Å². The normalized spacial score (nSPS) is 10.8. The number of hydrogen-bond donors (Lipinski definition) is 0. The zero-order valence-electron chi connectivity index (χ0n) is 22.1. The van der Waals surface area contributed by atoms with Gasteiger partial charge in [0.05, 0.1) is 12.5 Å². The van der Waals surface area contributed by atoms with Gasteiger partial charge in [-0.05, 0) is 94.2 Å². The Morgan fingerprint density at radius 1 is 0.438 bits per heavy atom. The second kappa shape index (κ2) is 12.4. The van der Waals surface area contributed by atoms with Gasteiger partial charge >= 0.3 is 11.9 Å². The highest BCUT2D eigenvalue weighted by Gasteiger charge is 2.58. The average Bonchev–Trinajstić information content (AvgIpc) is 2.60. The molecule has 0 aromatic rings. The molecule has 0 N–H and O–H groups in total. The number of allylic oxidation sites excluding steroid dienone is 6. The van der Waals surface area contributed by atoms with Crippen LogP contribution in [0, 0.1) is 10.8 Å². The summed E-state index contributed by atoms with van der Waals surface area (Å²) in [6, 6.07) is 0. The molecular formula is C28H42O4. The molecule has 0 unspecified atom stereocenters. The number of carbonyl (C=O) groups excluding carboxylic acids is 2. The van der Waals surface area contributed by atoms with Crippen LogP contribution >= 0.6 is 0 Å². The molecule has 0 aliphatic carbocycles. The maximum Gasteiger partial charge on any atom is 0.326 e. The monoisotopic (exact) mass is 442 g/mol. The molecule has 0 heterocycles. The zero-order valence-corrected chi connectivity index (χ0v) is 22.1. The molecule has 0 amide bonds. The van der Waals surface area contributed by atoms with Crippen molar-refractivity contribution in [2.24, 2.45) is 10.8 Å². The van der Waals surface area contributed by atoms with Crippen molar-refractivity contribution in [3.05, 3.63) is 70.3 Å². The fraction of sp³-hybridized carbons (Fsp3) is 0.500.